The highest BCUT2D eigenvalue weighted by atomic mass is 79.9. The second-order valence-electron chi connectivity index (χ2n) is 20.0. The van der Waals surface area contributed by atoms with Gasteiger partial charge >= 0.3 is 0 Å². The Labute approximate surface area is 525 Å². The van der Waals surface area contributed by atoms with E-state index in [1.54, 1.807) is 18.5 Å². The number of nitrogens with zero attached hydrogens (tertiary/aromatic N) is 4. The molecule has 3 saturated heterocycles. The van der Waals surface area contributed by atoms with Crippen molar-refractivity contribution in [3.8, 4) is 0 Å². The average Bonchev–Trinajstić information content (AvgIpc) is 1.73. The fourth-order valence-corrected chi connectivity index (χ4v) is 14.7. The minimum atomic E-state index is -1.85. The number of benzene rings is 7. The van der Waals surface area contributed by atoms with E-state index in [-0.39, 0.29) is 35.9 Å². The SMILES string of the molecule is C(=CC1OCCO1)c1ccnc2ccccc12.CO.O=CCCc1ccnc2ccccc12.O=Cc1ccnc2ccccc12.[Br-].c1ccc([P+](CC2OCCO2)(c2ccccc2)c2ccccc2)cc1.c1ccc2c(CCC3OCCO3)ccnc2c1. The number of hydrogen-bond acceptors (Lipinski definition) is 13. The van der Waals surface area contributed by atoms with Gasteiger partial charge in [0.25, 0.3) is 0 Å². The second kappa shape index (κ2) is 35.6. The van der Waals surface area contributed by atoms with Gasteiger partial charge in [-0.2, -0.15) is 0 Å². The molecule has 0 saturated carbocycles. The summed E-state index contributed by atoms with van der Waals surface area (Å²) < 4.78 is 33.4. The molecule has 0 spiro atoms. The van der Waals surface area contributed by atoms with E-state index in [1.807, 2.05) is 116 Å². The molecule has 0 unspecified atom stereocenters. The Balaban J connectivity index is 0.000000144. The third kappa shape index (κ3) is 18.0. The number of hydrogen-bond donors (Lipinski definition) is 1. The van der Waals surface area contributed by atoms with Crippen molar-refractivity contribution in [3.05, 3.63) is 265 Å². The first kappa shape index (κ1) is 65.9. The lowest BCUT2D eigenvalue weighted by Crippen LogP contribution is -3.00. The van der Waals surface area contributed by atoms with E-state index in [2.05, 4.69) is 135 Å². The zero-order valence-electron chi connectivity index (χ0n) is 49.2. The number of halogens is 1. The van der Waals surface area contributed by atoms with Crippen molar-refractivity contribution in [1.82, 2.24) is 19.9 Å². The maximum atomic E-state index is 10.6. The van der Waals surface area contributed by atoms with Crippen molar-refractivity contribution in [2.45, 2.75) is 44.6 Å². The van der Waals surface area contributed by atoms with Crippen LogP contribution in [0.5, 0.6) is 0 Å². The minimum absolute atomic E-state index is 0. The van der Waals surface area contributed by atoms with E-state index < -0.39 is 7.26 Å². The molecule has 0 atom stereocenters. The van der Waals surface area contributed by atoms with Gasteiger partial charge in [0.05, 0.1) is 61.7 Å². The molecule has 7 aromatic carbocycles. The third-order valence-corrected chi connectivity index (χ3v) is 19.0. The lowest BCUT2D eigenvalue weighted by molar-refractivity contribution is -0.107. The van der Waals surface area contributed by atoms with Crippen LogP contribution in [-0.2, 0) is 46.1 Å². The number of carbonyl (C=O) groups is 2. The van der Waals surface area contributed by atoms with Crippen LogP contribution in [0.15, 0.2) is 243 Å². The van der Waals surface area contributed by atoms with Crippen molar-refractivity contribution in [1.29, 1.82) is 0 Å². The van der Waals surface area contributed by atoms with Crippen LogP contribution < -0.4 is 32.9 Å². The number of aliphatic hydroxyl groups is 1. The molecule has 0 aliphatic carbocycles. The Hall–Kier alpha value is -8.11. The van der Waals surface area contributed by atoms with Crippen molar-refractivity contribution < 1.29 is 60.1 Å². The molecule has 4 aromatic heterocycles. The van der Waals surface area contributed by atoms with E-state index in [1.165, 1.54) is 32.4 Å². The van der Waals surface area contributed by atoms with Crippen LogP contribution >= 0.6 is 7.26 Å². The molecule has 0 radical (unpaired) electrons. The van der Waals surface area contributed by atoms with E-state index in [4.69, 9.17) is 33.5 Å². The summed E-state index contributed by atoms with van der Waals surface area (Å²) in [7, 11) is -0.852. The monoisotopic (exact) mass is 1260 g/mol. The van der Waals surface area contributed by atoms with Crippen LogP contribution in [0, 0.1) is 0 Å². The first-order chi connectivity index (χ1) is 43.1. The molecule has 88 heavy (non-hydrogen) atoms. The largest absolute Gasteiger partial charge is 1.00 e. The molecule has 7 heterocycles. The van der Waals surface area contributed by atoms with Gasteiger partial charge in [-0.1, -0.05) is 133 Å². The van der Waals surface area contributed by atoms with Gasteiger partial charge in [-0.15, -0.1) is 0 Å². The second-order valence-corrected chi connectivity index (χ2v) is 23.5. The van der Waals surface area contributed by atoms with E-state index in [9.17, 15) is 9.59 Å². The molecule has 14 rings (SSSR count). The molecular formula is C73H72BrN4O9P. The molecule has 15 heteroatoms. The van der Waals surface area contributed by atoms with Crippen LogP contribution in [0.3, 0.4) is 0 Å². The molecule has 1 N–H and O–H groups in total. The topological polar surface area (TPSA) is 161 Å². The Morgan fingerprint density at radius 2 is 0.784 bits per heavy atom. The lowest BCUT2D eigenvalue weighted by Gasteiger charge is -2.29. The van der Waals surface area contributed by atoms with Crippen LogP contribution in [0.4, 0.5) is 0 Å². The number of aromatic nitrogens is 4. The fourth-order valence-electron chi connectivity index (χ4n) is 10.5. The van der Waals surface area contributed by atoms with Crippen molar-refractivity contribution in [2.24, 2.45) is 0 Å². The van der Waals surface area contributed by atoms with Crippen molar-refractivity contribution >= 4 is 85.4 Å². The number of aldehydes is 2. The first-order valence-corrected chi connectivity index (χ1v) is 31.2. The van der Waals surface area contributed by atoms with E-state index in [0.717, 1.165) is 102 Å². The van der Waals surface area contributed by atoms with Gasteiger partial charge in [-0.25, -0.2) is 0 Å². The van der Waals surface area contributed by atoms with Crippen LogP contribution in [0.2, 0.25) is 0 Å². The van der Waals surface area contributed by atoms with Crippen LogP contribution in [0.25, 0.3) is 49.7 Å². The maximum Gasteiger partial charge on any atom is 0.192 e. The average molecular weight is 1260 g/mol. The predicted octanol–water partition coefficient (Wildman–Crippen LogP) is 9.54. The summed E-state index contributed by atoms with van der Waals surface area (Å²) in [6, 6.07) is 72.2. The van der Waals surface area contributed by atoms with Gasteiger partial charge in [-0.05, 0) is 121 Å². The van der Waals surface area contributed by atoms with Gasteiger partial charge in [-0.3, -0.25) is 24.7 Å². The standard InChI is InChI=1S/C22H22O2P.C14H15NO2.C14H13NO2.C12H11NO.C10H7NO.CH4O.BrH/c1-4-10-19(11-5-1)25(18-22-23-16-17-24-22,20-12-6-2-7-13-20)21-14-8-3-9-15-21;2*1-2-4-13-12(3-1)11(7-8-15-13)5-6-14-16-9-10-17-14;14-9-3-4-10-7-8-13-12-6-2-1-5-11(10)12;12-7-8-5-6-11-10-4-2-1-3-9(8)10;1-2;/h1-15,22H,16-18H2;1-4,7-8,14H,5-6,9-10H2;1-8,14H,9-10H2;1-2,5-9H,3-4H2;1-7H;2H,1H3;1H/q+1;;;;;;/p-1. The first-order valence-electron chi connectivity index (χ1n) is 29.2. The fraction of sp³-hybridized carbons (Fsp3) is 0.205. The molecule has 3 fully saturated rings. The molecule has 0 amide bonds. The number of para-hydroxylation sites is 4. The number of pyridine rings is 4. The smallest absolute Gasteiger partial charge is 0.192 e. The zero-order valence-corrected chi connectivity index (χ0v) is 51.6. The Morgan fingerprint density at radius 1 is 0.420 bits per heavy atom. The van der Waals surface area contributed by atoms with Gasteiger partial charge in [0.1, 0.15) is 35.6 Å². The zero-order chi connectivity index (χ0) is 60.1. The molecule has 450 valence electrons. The summed E-state index contributed by atoms with van der Waals surface area (Å²) in [6.07, 6.45) is 16.6. The quantitative estimate of drug-likeness (QED) is 0.0811. The highest BCUT2D eigenvalue weighted by molar-refractivity contribution is 7.95. The van der Waals surface area contributed by atoms with E-state index in [0.29, 0.717) is 38.4 Å². The van der Waals surface area contributed by atoms with Crippen molar-refractivity contribution in [2.75, 3.05) is 52.9 Å². The summed E-state index contributed by atoms with van der Waals surface area (Å²) in [4.78, 5) is 38.0. The van der Waals surface area contributed by atoms with E-state index >= 15 is 0 Å². The normalized spacial score (nSPS) is 14.0. The number of rotatable bonds is 14. The number of fused-ring (bicyclic) bond motifs is 4. The number of ether oxygens (including phenoxy) is 6. The lowest BCUT2D eigenvalue weighted by atomic mass is 10.0. The molecule has 3 aliphatic rings. The summed E-state index contributed by atoms with van der Waals surface area (Å²) in [5.74, 6) is 0. The Bertz CT molecular complexity index is 3770. The number of aliphatic hydroxyl groups excluding tert-OH is 1. The van der Waals surface area contributed by atoms with Crippen LogP contribution in [-0.4, -0.2) is 109 Å². The Morgan fingerprint density at radius 3 is 1.24 bits per heavy atom. The molecule has 3 aliphatic heterocycles. The highest BCUT2D eigenvalue weighted by Gasteiger charge is 2.48. The molecule has 11 aromatic rings. The highest BCUT2D eigenvalue weighted by Crippen LogP contribution is 2.56. The number of carbonyl (C=O) groups excluding carboxylic acids is 2. The minimum Gasteiger partial charge on any atom is -1.00 e. The van der Waals surface area contributed by atoms with Gasteiger partial charge in [0, 0.05) is 71.8 Å². The van der Waals surface area contributed by atoms with Gasteiger partial charge < -0.3 is 55.3 Å². The van der Waals surface area contributed by atoms with Crippen LogP contribution in [0.1, 0.15) is 39.9 Å². The Kier molecular flexibility index (Phi) is 26.7. The van der Waals surface area contributed by atoms with Gasteiger partial charge in [0.15, 0.2) is 25.2 Å². The van der Waals surface area contributed by atoms with Gasteiger partial charge in [0.2, 0.25) is 0 Å². The van der Waals surface area contributed by atoms with Crippen molar-refractivity contribution in [3.63, 3.8) is 0 Å². The summed E-state index contributed by atoms with van der Waals surface area (Å²) in [5.41, 5.74) is 8.26. The number of aryl methyl sites for hydroxylation is 2. The third-order valence-electron chi connectivity index (χ3n) is 14.6. The molecule has 0 bridgehead atoms. The summed E-state index contributed by atoms with van der Waals surface area (Å²) >= 11 is 0. The molecule has 13 nitrogen and oxygen atoms in total. The predicted molar refractivity (Wildman–Crippen MR) is 349 cm³/mol. The summed E-state index contributed by atoms with van der Waals surface area (Å²) in [5, 5.41) is 15.5. The summed E-state index contributed by atoms with van der Waals surface area (Å²) in [6.45, 7) is 4.16. The maximum absolute atomic E-state index is 10.6. The molecular weight excluding hydrogens is 1190 g/mol.